The molecule has 0 radical (unpaired) electrons. The molecule has 1 rings (SSSR count). The molecule has 6 nitrogen and oxygen atoms in total. The second-order valence-corrected chi connectivity index (χ2v) is 2.27. The molecule has 0 saturated carbocycles. The lowest BCUT2D eigenvalue weighted by Gasteiger charge is -2.02. The van der Waals surface area contributed by atoms with Crippen LogP contribution in [-0.4, -0.2) is 22.2 Å². The second-order valence-electron chi connectivity index (χ2n) is 2.27. The Bertz CT molecular complexity index is 327. The summed E-state index contributed by atoms with van der Waals surface area (Å²) in [5.74, 6) is -1.09. The van der Waals surface area contributed by atoms with E-state index in [4.69, 9.17) is 10.2 Å². The highest BCUT2D eigenvalue weighted by atomic mass is 16.6. The molecule has 0 bridgehead atoms. The second kappa shape index (κ2) is 5.69. The van der Waals surface area contributed by atoms with Gasteiger partial charge >= 0.3 is 5.69 Å². The number of hydrogen-bond donors (Lipinski definition) is 2. The van der Waals surface area contributed by atoms with Gasteiger partial charge in [-0.15, -0.1) is 0 Å². The van der Waals surface area contributed by atoms with Crippen molar-refractivity contribution < 1.29 is 19.9 Å². The first-order chi connectivity index (χ1) is 7.06. The molecule has 0 heterocycles. The van der Waals surface area contributed by atoms with Crippen molar-refractivity contribution in [3.8, 4) is 17.2 Å². The van der Waals surface area contributed by atoms with Crippen molar-refractivity contribution in [3.63, 3.8) is 0 Å². The lowest BCUT2D eigenvalue weighted by atomic mass is 10.2. The number of nitrogens with zero attached hydrogens (tertiary/aromatic N) is 1. The van der Waals surface area contributed by atoms with Gasteiger partial charge in [0.1, 0.15) is 5.75 Å². The maximum absolute atomic E-state index is 10.3. The number of phenolic OH excluding ortho intramolecular Hbond substituents is 2. The van der Waals surface area contributed by atoms with E-state index in [0.717, 1.165) is 12.1 Å². The van der Waals surface area contributed by atoms with Crippen LogP contribution < -0.4 is 4.74 Å². The topological polar surface area (TPSA) is 92.8 Å². The zero-order valence-corrected chi connectivity index (χ0v) is 8.72. The van der Waals surface area contributed by atoms with Crippen LogP contribution in [0.15, 0.2) is 12.1 Å². The molecule has 0 aliphatic heterocycles. The first-order valence-corrected chi connectivity index (χ1v) is 4.30. The van der Waals surface area contributed by atoms with Crippen molar-refractivity contribution in [1.82, 2.24) is 0 Å². The van der Waals surface area contributed by atoms with Crippen molar-refractivity contribution in [2.75, 3.05) is 7.11 Å². The molecule has 0 aromatic heterocycles. The molecule has 15 heavy (non-hydrogen) atoms. The van der Waals surface area contributed by atoms with E-state index in [0.29, 0.717) is 0 Å². The predicted octanol–water partition coefficient (Wildman–Crippen LogP) is 2.04. The predicted molar refractivity (Wildman–Crippen MR) is 54.3 cm³/mol. The highest BCUT2D eigenvalue weighted by molar-refractivity contribution is 5.59. The maximum atomic E-state index is 10.3. The standard InChI is InChI=1S/C7H7NO5.C2H6/c1-13-4-2-5(9)7(8(11)12)6(10)3-4;1-2/h2-3,9-10H,1H3;1-2H3. The highest BCUT2D eigenvalue weighted by Gasteiger charge is 2.20. The molecule has 0 amide bonds. The number of ether oxygens (including phenoxy) is 1. The Hall–Kier alpha value is -1.98. The highest BCUT2D eigenvalue weighted by Crippen LogP contribution is 2.38. The first kappa shape index (κ1) is 13.0. The Morgan fingerprint density at radius 2 is 1.67 bits per heavy atom. The van der Waals surface area contributed by atoms with Crippen LogP contribution >= 0.6 is 0 Å². The van der Waals surface area contributed by atoms with Crippen molar-refractivity contribution in [2.24, 2.45) is 0 Å². The molecule has 0 fully saturated rings. The Kier molecular flexibility index (Phi) is 4.94. The van der Waals surface area contributed by atoms with Gasteiger partial charge in [0.05, 0.1) is 12.0 Å². The van der Waals surface area contributed by atoms with Crippen LogP contribution in [0.5, 0.6) is 17.2 Å². The summed E-state index contributed by atoms with van der Waals surface area (Å²) in [6.45, 7) is 4.00. The van der Waals surface area contributed by atoms with Crippen LogP contribution in [0.4, 0.5) is 5.69 Å². The van der Waals surface area contributed by atoms with E-state index in [2.05, 4.69) is 4.74 Å². The molecule has 6 heteroatoms. The van der Waals surface area contributed by atoms with Gasteiger partial charge in [-0.2, -0.15) is 0 Å². The summed E-state index contributed by atoms with van der Waals surface area (Å²) >= 11 is 0. The molecule has 0 unspecified atom stereocenters. The van der Waals surface area contributed by atoms with Gasteiger partial charge in [0.2, 0.25) is 11.5 Å². The lowest BCUT2D eigenvalue weighted by Crippen LogP contribution is -1.90. The number of phenols is 2. The van der Waals surface area contributed by atoms with Gasteiger partial charge in [-0.3, -0.25) is 10.1 Å². The Morgan fingerprint density at radius 1 is 1.27 bits per heavy atom. The molecule has 0 aliphatic rings. The zero-order chi connectivity index (χ0) is 12.0. The van der Waals surface area contributed by atoms with Gasteiger partial charge < -0.3 is 14.9 Å². The molecule has 2 N–H and O–H groups in total. The largest absolute Gasteiger partial charge is 0.502 e. The lowest BCUT2D eigenvalue weighted by molar-refractivity contribution is -0.386. The minimum atomic E-state index is -0.871. The summed E-state index contributed by atoms with van der Waals surface area (Å²) in [5, 5.41) is 28.5. The summed E-state index contributed by atoms with van der Waals surface area (Å²) in [6.07, 6.45) is 0. The van der Waals surface area contributed by atoms with Crippen LogP contribution in [0.2, 0.25) is 0 Å². The molecule has 1 aromatic carbocycles. The van der Waals surface area contributed by atoms with Gasteiger partial charge in [0, 0.05) is 12.1 Å². The summed E-state index contributed by atoms with van der Waals surface area (Å²) in [6, 6.07) is 2.11. The summed E-state index contributed by atoms with van der Waals surface area (Å²) in [5.41, 5.74) is -0.721. The third-order valence-electron chi connectivity index (χ3n) is 1.46. The maximum Gasteiger partial charge on any atom is 0.352 e. The number of benzene rings is 1. The third kappa shape index (κ3) is 3.01. The van der Waals surface area contributed by atoms with Crippen molar-refractivity contribution >= 4 is 5.69 Å². The van der Waals surface area contributed by atoms with E-state index in [1.807, 2.05) is 13.8 Å². The van der Waals surface area contributed by atoms with E-state index in [-0.39, 0.29) is 5.75 Å². The molecular formula is C9H13NO5. The van der Waals surface area contributed by atoms with Crippen molar-refractivity contribution in [2.45, 2.75) is 13.8 Å². The number of hydrogen-bond acceptors (Lipinski definition) is 5. The Balaban J connectivity index is 0.000000921. The normalized spacial score (nSPS) is 8.73. The number of aromatic hydroxyl groups is 2. The van der Waals surface area contributed by atoms with Gasteiger partial charge in [0.15, 0.2) is 0 Å². The van der Waals surface area contributed by atoms with E-state index in [1.165, 1.54) is 7.11 Å². The molecule has 0 aliphatic carbocycles. The van der Waals surface area contributed by atoms with Gasteiger partial charge in [-0.05, 0) is 0 Å². The number of nitro groups is 1. The van der Waals surface area contributed by atoms with Crippen LogP contribution in [-0.2, 0) is 0 Å². The average molecular weight is 215 g/mol. The zero-order valence-electron chi connectivity index (χ0n) is 8.72. The van der Waals surface area contributed by atoms with Crippen LogP contribution in [0, 0.1) is 10.1 Å². The number of nitro benzene ring substituents is 1. The molecule has 1 aromatic rings. The monoisotopic (exact) mass is 215 g/mol. The summed E-state index contributed by atoms with van der Waals surface area (Å²) in [4.78, 5) is 9.42. The molecule has 84 valence electrons. The molecule has 0 atom stereocenters. The van der Waals surface area contributed by atoms with Gasteiger partial charge in [-0.25, -0.2) is 0 Å². The Morgan fingerprint density at radius 3 is 1.93 bits per heavy atom. The number of methoxy groups -OCH3 is 1. The quantitative estimate of drug-likeness (QED) is 0.581. The van der Waals surface area contributed by atoms with Crippen LogP contribution in [0.3, 0.4) is 0 Å². The van der Waals surface area contributed by atoms with E-state index in [9.17, 15) is 10.1 Å². The van der Waals surface area contributed by atoms with Crippen molar-refractivity contribution in [1.29, 1.82) is 0 Å². The molecule has 0 spiro atoms. The van der Waals surface area contributed by atoms with Crippen LogP contribution in [0.25, 0.3) is 0 Å². The SMILES string of the molecule is CC.COc1cc(O)c([N+](=O)[O-])c(O)c1. The Labute approximate surface area is 86.9 Å². The average Bonchev–Trinajstić information content (AvgIpc) is 2.19. The summed E-state index contributed by atoms with van der Waals surface area (Å²) < 4.78 is 4.67. The number of rotatable bonds is 2. The summed E-state index contributed by atoms with van der Waals surface area (Å²) in [7, 11) is 1.32. The minimum absolute atomic E-state index is 0.153. The van der Waals surface area contributed by atoms with Crippen LogP contribution in [0.1, 0.15) is 13.8 Å². The third-order valence-corrected chi connectivity index (χ3v) is 1.46. The molecule has 0 saturated heterocycles. The van der Waals surface area contributed by atoms with E-state index < -0.39 is 22.1 Å². The van der Waals surface area contributed by atoms with E-state index >= 15 is 0 Å². The fourth-order valence-corrected chi connectivity index (χ4v) is 0.884. The smallest absolute Gasteiger partial charge is 0.352 e. The fraction of sp³-hybridized carbons (Fsp3) is 0.333. The van der Waals surface area contributed by atoms with Gasteiger partial charge in [0.25, 0.3) is 0 Å². The van der Waals surface area contributed by atoms with Crippen molar-refractivity contribution in [3.05, 3.63) is 22.2 Å². The van der Waals surface area contributed by atoms with E-state index in [1.54, 1.807) is 0 Å². The molecular weight excluding hydrogens is 202 g/mol. The minimum Gasteiger partial charge on any atom is -0.502 e. The van der Waals surface area contributed by atoms with Gasteiger partial charge in [-0.1, -0.05) is 13.8 Å². The first-order valence-electron chi connectivity index (χ1n) is 4.30. The fourth-order valence-electron chi connectivity index (χ4n) is 0.884.